The Kier molecular flexibility index (Phi) is 9.57. The van der Waals surface area contributed by atoms with Gasteiger partial charge in [0.15, 0.2) is 0 Å². The molecule has 4 rings (SSSR count). The van der Waals surface area contributed by atoms with Crippen LogP contribution in [-0.4, -0.2) is 39.7 Å². The highest BCUT2D eigenvalue weighted by atomic mass is 35.5. The summed E-state index contributed by atoms with van der Waals surface area (Å²) in [5.41, 5.74) is 0.524. The SMILES string of the molecule is CCCCN(CC(=O)Nc1cc(-c2ccccc2)nn1-c1ccc(Cl)c(Cl)c1)C(=O)Nc1ccccc1C(F)(F)F. The number of halogens is 5. The van der Waals surface area contributed by atoms with Crippen LogP contribution in [-0.2, 0) is 11.0 Å². The first kappa shape index (κ1) is 30.0. The summed E-state index contributed by atoms with van der Waals surface area (Å²) < 4.78 is 41.8. The van der Waals surface area contributed by atoms with Crippen molar-refractivity contribution in [3.8, 4) is 16.9 Å². The maximum absolute atomic E-state index is 13.5. The Bertz CT molecular complexity index is 1530. The van der Waals surface area contributed by atoms with Gasteiger partial charge in [0.1, 0.15) is 12.4 Å². The van der Waals surface area contributed by atoms with Gasteiger partial charge in [-0.2, -0.15) is 18.3 Å². The van der Waals surface area contributed by atoms with E-state index in [9.17, 15) is 22.8 Å². The van der Waals surface area contributed by atoms with Gasteiger partial charge in [0.2, 0.25) is 5.91 Å². The number of nitrogens with one attached hydrogen (secondary N) is 2. The molecule has 0 saturated carbocycles. The molecule has 0 fully saturated rings. The summed E-state index contributed by atoms with van der Waals surface area (Å²) in [4.78, 5) is 27.4. The van der Waals surface area contributed by atoms with E-state index < -0.39 is 35.9 Å². The largest absolute Gasteiger partial charge is 0.418 e. The third-order valence-electron chi connectivity index (χ3n) is 6.07. The molecule has 0 unspecified atom stereocenters. The topological polar surface area (TPSA) is 79.3 Å². The van der Waals surface area contributed by atoms with Crippen molar-refractivity contribution in [1.29, 1.82) is 0 Å². The predicted molar refractivity (Wildman–Crippen MR) is 155 cm³/mol. The average Bonchev–Trinajstić information content (AvgIpc) is 3.36. The fraction of sp³-hybridized carbons (Fsp3) is 0.207. The molecule has 1 heterocycles. The van der Waals surface area contributed by atoms with Gasteiger partial charge in [-0.25, -0.2) is 9.48 Å². The van der Waals surface area contributed by atoms with Crippen LogP contribution in [0.25, 0.3) is 16.9 Å². The van der Waals surface area contributed by atoms with E-state index in [1.807, 2.05) is 37.3 Å². The number of para-hydroxylation sites is 1. The zero-order valence-corrected chi connectivity index (χ0v) is 23.4. The minimum absolute atomic E-state index is 0.158. The normalized spacial score (nSPS) is 11.3. The molecule has 1 aromatic heterocycles. The average molecular weight is 604 g/mol. The number of carbonyl (C=O) groups excluding carboxylic acids is 2. The summed E-state index contributed by atoms with van der Waals surface area (Å²) in [6.07, 6.45) is -3.41. The van der Waals surface area contributed by atoms with Gasteiger partial charge in [-0.1, -0.05) is 79.0 Å². The zero-order valence-electron chi connectivity index (χ0n) is 21.9. The fourth-order valence-corrected chi connectivity index (χ4v) is 4.32. The first-order valence-electron chi connectivity index (χ1n) is 12.7. The van der Waals surface area contributed by atoms with Crippen molar-refractivity contribution in [3.63, 3.8) is 0 Å². The molecular formula is C29H26Cl2F3N5O2. The summed E-state index contributed by atoms with van der Waals surface area (Å²) in [7, 11) is 0. The molecule has 2 N–H and O–H groups in total. The van der Waals surface area contributed by atoms with Crippen LogP contribution in [0, 0.1) is 0 Å². The van der Waals surface area contributed by atoms with Gasteiger partial charge >= 0.3 is 12.2 Å². The second kappa shape index (κ2) is 13.1. The van der Waals surface area contributed by atoms with Crippen LogP contribution in [0.4, 0.5) is 29.5 Å². The third kappa shape index (κ3) is 7.59. The van der Waals surface area contributed by atoms with E-state index in [4.69, 9.17) is 23.2 Å². The molecule has 0 aliphatic heterocycles. The minimum Gasteiger partial charge on any atom is -0.315 e. The fourth-order valence-electron chi connectivity index (χ4n) is 4.02. The van der Waals surface area contributed by atoms with Crippen LogP contribution in [0.1, 0.15) is 25.3 Å². The van der Waals surface area contributed by atoms with Crippen LogP contribution >= 0.6 is 23.2 Å². The van der Waals surface area contributed by atoms with Gasteiger partial charge in [-0.05, 0) is 36.8 Å². The summed E-state index contributed by atoms with van der Waals surface area (Å²) in [6, 6.07) is 19.7. The van der Waals surface area contributed by atoms with Crippen molar-refractivity contribution in [2.45, 2.75) is 25.9 Å². The third-order valence-corrected chi connectivity index (χ3v) is 6.81. The first-order valence-corrected chi connectivity index (χ1v) is 13.5. The van der Waals surface area contributed by atoms with Crippen LogP contribution in [0.2, 0.25) is 10.0 Å². The second-order valence-electron chi connectivity index (χ2n) is 9.09. The molecule has 0 radical (unpaired) electrons. The van der Waals surface area contributed by atoms with Crippen molar-refractivity contribution >= 4 is 46.6 Å². The Morgan fingerprint density at radius 2 is 1.63 bits per heavy atom. The van der Waals surface area contributed by atoms with E-state index in [2.05, 4.69) is 15.7 Å². The maximum atomic E-state index is 13.5. The number of rotatable bonds is 9. The number of alkyl halides is 3. The number of amides is 3. The molecule has 0 spiro atoms. The Labute approximate surface area is 244 Å². The van der Waals surface area contributed by atoms with Gasteiger partial charge in [0, 0.05) is 18.2 Å². The van der Waals surface area contributed by atoms with Crippen LogP contribution in [0.5, 0.6) is 0 Å². The molecule has 3 aromatic carbocycles. The Morgan fingerprint density at radius 1 is 0.927 bits per heavy atom. The number of unbranched alkanes of at least 4 members (excludes halogenated alkanes) is 1. The zero-order chi connectivity index (χ0) is 29.6. The van der Waals surface area contributed by atoms with E-state index in [1.165, 1.54) is 27.8 Å². The van der Waals surface area contributed by atoms with E-state index in [-0.39, 0.29) is 6.54 Å². The molecule has 0 aliphatic rings. The van der Waals surface area contributed by atoms with Crippen LogP contribution in [0.3, 0.4) is 0 Å². The Morgan fingerprint density at radius 3 is 2.32 bits per heavy atom. The molecule has 0 atom stereocenters. The minimum atomic E-state index is -4.66. The number of urea groups is 1. The van der Waals surface area contributed by atoms with Crippen molar-refractivity contribution in [2.75, 3.05) is 23.7 Å². The first-order chi connectivity index (χ1) is 19.6. The molecule has 7 nitrogen and oxygen atoms in total. The summed E-state index contributed by atoms with van der Waals surface area (Å²) in [6.45, 7) is 1.65. The molecule has 0 bridgehead atoms. The molecule has 3 amide bonds. The summed E-state index contributed by atoms with van der Waals surface area (Å²) in [5, 5.41) is 10.4. The quantitative estimate of drug-likeness (QED) is 0.203. The Balaban J connectivity index is 1.59. The summed E-state index contributed by atoms with van der Waals surface area (Å²) >= 11 is 12.3. The highest BCUT2D eigenvalue weighted by molar-refractivity contribution is 6.42. The molecule has 0 saturated heterocycles. The van der Waals surface area contributed by atoms with Gasteiger partial charge in [-0.15, -0.1) is 0 Å². The van der Waals surface area contributed by atoms with E-state index in [0.717, 1.165) is 11.6 Å². The molecule has 4 aromatic rings. The van der Waals surface area contributed by atoms with E-state index in [1.54, 1.807) is 24.3 Å². The molecule has 41 heavy (non-hydrogen) atoms. The highest BCUT2D eigenvalue weighted by Gasteiger charge is 2.34. The standard InChI is InChI=1S/C29H26Cl2F3N5O2/c1-2-3-15-38(28(41)35-24-12-8-7-11-21(24)29(32,33)34)18-27(40)36-26-17-25(19-9-5-4-6-10-19)37-39(26)20-13-14-22(30)23(31)16-20/h4-14,16-17H,2-3,15,18H2,1H3,(H,35,41)(H,36,40). The van der Waals surface area contributed by atoms with Crippen molar-refractivity contribution in [1.82, 2.24) is 14.7 Å². The predicted octanol–water partition coefficient (Wildman–Crippen LogP) is 8.14. The van der Waals surface area contributed by atoms with Crippen LogP contribution < -0.4 is 10.6 Å². The lowest BCUT2D eigenvalue weighted by Crippen LogP contribution is -2.41. The van der Waals surface area contributed by atoms with Crippen molar-refractivity contribution in [3.05, 3.63) is 94.5 Å². The highest BCUT2D eigenvalue weighted by Crippen LogP contribution is 2.35. The number of nitrogens with zero attached hydrogens (tertiary/aromatic N) is 3. The molecule has 214 valence electrons. The van der Waals surface area contributed by atoms with Crippen LogP contribution in [0.15, 0.2) is 78.9 Å². The number of hydrogen-bond donors (Lipinski definition) is 2. The van der Waals surface area contributed by atoms with E-state index in [0.29, 0.717) is 40.1 Å². The molecule has 12 heteroatoms. The number of hydrogen-bond acceptors (Lipinski definition) is 3. The number of aromatic nitrogens is 2. The molecule has 0 aliphatic carbocycles. The summed E-state index contributed by atoms with van der Waals surface area (Å²) in [5.74, 6) is -0.272. The van der Waals surface area contributed by atoms with Crippen molar-refractivity contribution in [2.24, 2.45) is 0 Å². The number of benzene rings is 3. The lowest BCUT2D eigenvalue weighted by atomic mass is 10.1. The number of anilines is 2. The van der Waals surface area contributed by atoms with Gasteiger partial charge in [-0.3, -0.25) is 4.79 Å². The smallest absolute Gasteiger partial charge is 0.315 e. The second-order valence-corrected chi connectivity index (χ2v) is 9.90. The lowest BCUT2D eigenvalue weighted by Gasteiger charge is -2.23. The Hall–Kier alpha value is -4.02. The lowest BCUT2D eigenvalue weighted by molar-refractivity contribution is -0.137. The van der Waals surface area contributed by atoms with Gasteiger partial charge < -0.3 is 15.5 Å². The van der Waals surface area contributed by atoms with Crippen molar-refractivity contribution < 1.29 is 22.8 Å². The van der Waals surface area contributed by atoms with E-state index >= 15 is 0 Å². The van der Waals surface area contributed by atoms with Gasteiger partial charge in [0.25, 0.3) is 0 Å². The number of carbonyl (C=O) groups is 2. The maximum Gasteiger partial charge on any atom is 0.418 e. The monoisotopic (exact) mass is 603 g/mol. The van der Waals surface area contributed by atoms with Gasteiger partial charge in [0.05, 0.1) is 32.7 Å². The molecular weight excluding hydrogens is 578 g/mol.